The summed E-state index contributed by atoms with van der Waals surface area (Å²) in [6, 6.07) is 0. The summed E-state index contributed by atoms with van der Waals surface area (Å²) in [5.41, 5.74) is 0. The quantitative estimate of drug-likeness (QED) is 0.711. The second-order valence-electron chi connectivity index (χ2n) is 5.14. The van der Waals surface area contributed by atoms with Crippen molar-refractivity contribution in [2.45, 2.75) is 51.7 Å². The van der Waals surface area contributed by atoms with Gasteiger partial charge in [0.05, 0.1) is 12.2 Å². The highest BCUT2D eigenvalue weighted by Crippen LogP contribution is 2.31. The average molecular weight is 230 g/mol. The van der Waals surface area contributed by atoms with Gasteiger partial charge < -0.3 is 14.6 Å². The van der Waals surface area contributed by atoms with Crippen molar-refractivity contribution < 1.29 is 14.6 Å². The third kappa shape index (κ3) is 4.40. The highest BCUT2D eigenvalue weighted by atomic mass is 16.5. The summed E-state index contributed by atoms with van der Waals surface area (Å²) < 4.78 is 10.7. The molecule has 3 heteroatoms. The fraction of sp³-hybridized carbons (Fsp3) is 1.00. The zero-order valence-corrected chi connectivity index (χ0v) is 10.8. The average Bonchev–Trinajstić information content (AvgIpc) is 2.26. The Morgan fingerprint density at radius 1 is 1.25 bits per heavy atom. The Bertz CT molecular complexity index is 182. The number of hydrogen-bond acceptors (Lipinski definition) is 3. The zero-order chi connectivity index (χ0) is 12.0. The van der Waals surface area contributed by atoms with Crippen molar-refractivity contribution >= 4 is 0 Å². The Labute approximate surface area is 99.1 Å². The summed E-state index contributed by atoms with van der Waals surface area (Å²) >= 11 is 0. The van der Waals surface area contributed by atoms with Crippen LogP contribution >= 0.6 is 0 Å². The molecule has 16 heavy (non-hydrogen) atoms. The van der Waals surface area contributed by atoms with E-state index in [0.717, 1.165) is 32.3 Å². The minimum Gasteiger partial charge on any atom is -0.390 e. The van der Waals surface area contributed by atoms with Crippen LogP contribution in [0.25, 0.3) is 0 Å². The highest BCUT2D eigenvalue weighted by molar-refractivity contribution is 4.81. The third-order valence-corrected chi connectivity index (χ3v) is 3.56. The largest absolute Gasteiger partial charge is 0.390 e. The van der Waals surface area contributed by atoms with Gasteiger partial charge in [0.2, 0.25) is 0 Å². The Hall–Kier alpha value is -0.120. The molecule has 1 aliphatic carbocycles. The van der Waals surface area contributed by atoms with E-state index in [2.05, 4.69) is 13.8 Å². The second kappa shape index (κ2) is 7.25. The first kappa shape index (κ1) is 13.9. The van der Waals surface area contributed by atoms with E-state index >= 15 is 0 Å². The number of hydrogen-bond donors (Lipinski definition) is 1. The van der Waals surface area contributed by atoms with Crippen LogP contribution in [0, 0.1) is 11.8 Å². The number of ether oxygens (including phenoxy) is 2. The van der Waals surface area contributed by atoms with Crippen LogP contribution in [0.4, 0.5) is 0 Å². The number of rotatable bonds is 6. The van der Waals surface area contributed by atoms with Crippen LogP contribution in [-0.2, 0) is 9.47 Å². The van der Waals surface area contributed by atoms with Crippen molar-refractivity contribution in [2.75, 3.05) is 20.3 Å². The molecule has 96 valence electrons. The van der Waals surface area contributed by atoms with Crippen LogP contribution in [0.15, 0.2) is 0 Å². The van der Waals surface area contributed by atoms with Gasteiger partial charge in [0.15, 0.2) is 0 Å². The molecule has 0 radical (unpaired) electrons. The van der Waals surface area contributed by atoms with Crippen molar-refractivity contribution in [2.24, 2.45) is 11.8 Å². The fourth-order valence-corrected chi connectivity index (χ4v) is 2.37. The van der Waals surface area contributed by atoms with E-state index in [-0.39, 0.29) is 12.2 Å². The molecule has 0 spiro atoms. The molecule has 0 bridgehead atoms. The second-order valence-corrected chi connectivity index (χ2v) is 5.14. The lowest BCUT2D eigenvalue weighted by Gasteiger charge is -2.35. The topological polar surface area (TPSA) is 38.7 Å². The lowest BCUT2D eigenvalue weighted by molar-refractivity contribution is -0.0789. The van der Waals surface area contributed by atoms with E-state index in [1.54, 1.807) is 7.11 Å². The molecule has 3 unspecified atom stereocenters. The predicted molar refractivity (Wildman–Crippen MR) is 64.4 cm³/mol. The van der Waals surface area contributed by atoms with Gasteiger partial charge in [0, 0.05) is 20.3 Å². The first-order valence-corrected chi connectivity index (χ1v) is 6.43. The van der Waals surface area contributed by atoms with Crippen LogP contribution in [-0.4, -0.2) is 37.6 Å². The molecule has 3 atom stereocenters. The van der Waals surface area contributed by atoms with Gasteiger partial charge in [0.25, 0.3) is 0 Å². The third-order valence-electron chi connectivity index (χ3n) is 3.56. The van der Waals surface area contributed by atoms with E-state index in [1.165, 1.54) is 0 Å². The van der Waals surface area contributed by atoms with Gasteiger partial charge in [-0.2, -0.15) is 0 Å². The molecule has 1 fully saturated rings. The molecule has 1 aliphatic rings. The van der Waals surface area contributed by atoms with E-state index in [0.29, 0.717) is 18.4 Å². The van der Waals surface area contributed by atoms with Crippen LogP contribution in [0.1, 0.15) is 39.5 Å². The van der Waals surface area contributed by atoms with Gasteiger partial charge in [-0.3, -0.25) is 0 Å². The Morgan fingerprint density at radius 3 is 2.62 bits per heavy atom. The molecule has 0 aromatic carbocycles. The Kier molecular flexibility index (Phi) is 6.32. The minimum absolute atomic E-state index is 0.0398. The van der Waals surface area contributed by atoms with Crippen LogP contribution in [0.2, 0.25) is 0 Å². The van der Waals surface area contributed by atoms with E-state index < -0.39 is 0 Å². The van der Waals surface area contributed by atoms with Crippen LogP contribution in [0.3, 0.4) is 0 Å². The van der Waals surface area contributed by atoms with Gasteiger partial charge in [-0.05, 0) is 37.5 Å². The monoisotopic (exact) mass is 230 g/mol. The maximum Gasteiger partial charge on any atom is 0.0836 e. The van der Waals surface area contributed by atoms with Gasteiger partial charge >= 0.3 is 0 Å². The van der Waals surface area contributed by atoms with Crippen LogP contribution < -0.4 is 0 Å². The summed E-state index contributed by atoms with van der Waals surface area (Å²) in [7, 11) is 1.70. The zero-order valence-electron chi connectivity index (χ0n) is 10.8. The van der Waals surface area contributed by atoms with Gasteiger partial charge in [-0.25, -0.2) is 0 Å². The highest BCUT2D eigenvalue weighted by Gasteiger charge is 2.30. The molecule has 1 N–H and O–H groups in total. The van der Waals surface area contributed by atoms with Crippen molar-refractivity contribution in [3.8, 4) is 0 Å². The lowest BCUT2D eigenvalue weighted by Crippen LogP contribution is -2.37. The molecule has 3 nitrogen and oxygen atoms in total. The smallest absolute Gasteiger partial charge is 0.0836 e. The van der Waals surface area contributed by atoms with E-state index in [1.807, 2.05) is 0 Å². The predicted octanol–water partition coefficient (Wildman–Crippen LogP) is 2.23. The molecule has 0 amide bonds. The maximum absolute atomic E-state index is 9.87. The lowest BCUT2D eigenvalue weighted by atomic mass is 9.79. The maximum atomic E-state index is 9.87. The van der Waals surface area contributed by atoms with Crippen molar-refractivity contribution in [3.63, 3.8) is 0 Å². The summed E-state index contributed by atoms with van der Waals surface area (Å²) in [6.07, 6.45) is 3.71. The standard InChI is InChI=1S/C13H26O3/c1-10(2)11-5-6-12(14)13(9-11)16-8-4-7-15-3/h10-14H,4-9H2,1-3H3. The van der Waals surface area contributed by atoms with Gasteiger partial charge in [0.1, 0.15) is 0 Å². The first-order valence-electron chi connectivity index (χ1n) is 6.43. The molecule has 0 heterocycles. The van der Waals surface area contributed by atoms with Crippen molar-refractivity contribution in [1.29, 1.82) is 0 Å². The molecular formula is C13H26O3. The summed E-state index contributed by atoms with van der Waals surface area (Å²) in [5.74, 6) is 1.40. The first-order chi connectivity index (χ1) is 7.65. The van der Waals surface area contributed by atoms with Gasteiger partial charge in [-0.15, -0.1) is 0 Å². The molecule has 0 aromatic heterocycles. The summed E-state index contributed by atoms with van der Waals surface area (Å²) in [6.45, 7) is 5.94. The van der Waals surface area contributed by atoms with Crippen molar-refractivity contribution in [1.82, 2.24) is 0 Å². The molecule has 1 saturated carbocycles. The number of aliphatic hydroxyl groups excluding tert-OH is 1. The minimum atomic E-state index is -0.266. The van der Waals surface area contributed by atoms with Gasteiger partial charge in [-0.1, -0.05) is 13.8 Å². The van der Waals surface area contributed by atoms with E-state index in [4.69, 9.17) is 9.47 Å². The molecule has 0 aromatic rings. The van der Waals surface area contributed by atoms with Crippen molar-refractivity contribution in [3.05, 3.63) is 0 Å². The summed E-state index contributed by atoms with van der Waals surface area (Å²) in [5, 5.41) is 9.87. The Balaban J connectivity index is 2.26. The SMILES string of the molecule is COCCCOC1CC(C(C)C)CCC1O. The molecule has 0 aliphatic heterocycles. The number of aliphatic hydroxyl groups is 1. The molecule has 0 saturated heterocycles. The fourth-order valence-electron chi connectivity index (χ4n) is 2.37. The number of methoxy groups -OCH3 is 1. The van der Waals surface area contributed by atoms with Crippen LogP contribution in [0.5, 0.6) is 0 Å². The Morgan fingerprint density at radius 2 is 2.00 bits per heavy atom. The molecular weight excluding hydrogens is 204 g/mol. The molecule has 1 rings (SSSR count). The van der Waals surface area contributed by atoms with E-state index in [9.17, 15) is 5.11 Å². The summed E-state index contributed by atoms with van der Waals surface area (Å²) in [4.78, 5) is 0. The normalized spacial score (nSPS) is 30.9.